The van der Waals surface area contributed by atoms with Crippen LogP contribution in [0.15, 0.2) is 0 Å². The summed E-state index contributed by atoms with van der Waals surface area (Å²) in [6.45, 7) is 0.623. The standard InChI is InChI=1S/C13H24N2O/c1-15(12(9-14)11-6-7-11)13(16)8-10-4-2-3-5-10/h10-12H,2-9,14H2,1H3. The molecule has 0 bridgehead atoms. The van der Waals surface area contributed by atoms with Gasteiger partial charge in [0.2, 0.25) is 5.91 Å². The van der Waals surface area contributed by atoms with Crippen molar-refractivity contribution in [3.05, 3.63) is 0 Å². The van der Waals surface area contributed by atoms with Crippen molar-refractivity contribution >= 4 is 5.91 Å². The fourth-order valence-corrected chi connectivity index (χ4v) is 2.94. The Hall–Kier alpha value is -0.570. The maximum atomic E-state index is 12.1. The van der Waals surface area contributed by atoms with Crippen LogP contribution in [0.4, 0.5) is 0 Å². The molecule has 1 amide bonds. The SMILES string of the molecule is CN(C(=O)CC1CCCC1)C(CN)C1CC1. The van der Waals surface area contributed by atoms with Crippen LogP contribution < -0.4 is 5.73 Å². The molecule has 0 radical (unpaired) electrons. The summed E-state index contributed by atoms with van der Waals surface area (Å²) in [5.74, 6) is 1.64. The summed E-state index contributed by atoms with van der Waals surface area (Å²) in [5.41, 5.74) is 5.77. The average molecular weight is 224 g/mol. The zero-order valence-electron chi connectivity index (χ0n) is 10.3. The van der Waals surface area contributed by atoms with Crippen molar-refractivity contribution < 1.29 is 4.79 Å². The first kappa shape index (κ1) is 11.9. The van der Waals surface area contributed by atoms with E-state index in [2.05, 4.69) is 0 Å². The molecule has 2 aliphatic carbocycles. The Kier molecular flexibility index (Phi) is 3.85. The normalized spacial score (nSPS) is 23.4. The van der Waals surface area contributed by atoms with Gasteiger partial charge in [0.15, 0.2) is 0 Å². The number of carbonyl (C=O) groups is 1. The van der Waals surface area contributed by atoms with Crippen LogP contribution in [-0.4, -0.2) is 30.4 Å². The smallest absolute Gasteiger partial charge is 0.222 e. The van der Waals surface area contributed by atoms with Gasteiger partial charge in [-0.25, -0.2) is 0 Å². The van der Waals surface area contributed by atoms with Crippen molar-refractivity contribution in [2.24, 2.45) is 17.6 Å². The molecule has 2 rings (SSSR count). The highest BCUT2D eigenvalue weighted by Gasteiger charge is 2.35. The van der Waals surface area contributed by atoms with Crippen LogP contribution in [0.25, 0.3) is 0 Å². The number of carbonyl (C=O) groups excluding carboxylic acids is 1. The fourth-order valence-electron chi connectivity index (χ4n) is 2.94. The lowest BCUT2D eigenvalue weighted by Crippen LogP contribution is -2.43. The maximum Gasteiger partial charge on any atom is 0.222 e. The zero-order valence-corrected chi connectivity index (χ0v) is 10.3. The second-order valence-corrected chi connectivity index (χ2v) is 5.50. The lowest BCUT2D eigenvalue weighted by atomic mass is 10.0. The van der Waals surface area contributed by atoms with Gasteiger partial charge in [0.25, 0.3) is 0 Å². The zero-order chi connectivity index (χ0) is 11.5. The summed E-state index contributed by atoms with van der Waals surface area (Å²) in [5, 5.41) is 0. The van der Waals surface area contributed by atoms with Gasteiger partial charge in [-0.2, -0.15) is 0 Å². The van der Waals surface area contributed by atoms with Gasteiger partial charge in [0.1, 0.15) is 0 Å². The van der Waals surface area contributed by atoms with E-state index in [0.717, 1.165) is 6.42 Å². The molecule has 3 heteroatoms. The van der Waals surface area contributed by atoms with Crippen LogP contribution in [0.2, 0.25) is 0 Å². The Morgan fingerprint density at radius 1 is 1.31 bits per heavy atom. The van der Waals surface area contributed by atoms with Gasteiger partial charge >= 0.3 is 0 Å². The van der Waals surface area contributed by atoms with E-state index in [1.807, 2.05) is 11.9 Å². The lowest BCUT2D eigenvalue weighted by Gasteiger charge is -2.28. The molecule has 0 aromatic heterocycles. The number of nitrogens with zero attached hydrogens (tertiary/aromatic N) is 1. The number of nitrogens with two attached hydrogens (primary N) is 1. The van der Waals surface area contributed by atoms with Gasteiger partial charge in [-0.3, -0.25) is 4.79 Å². The molecule has 0 heterocycles. The number of hydrogen-bond acceptors (Lipinski definition) is 2. The van der Waals surface area contributed by atoms with E-state index in [4.69, 9.17) is 5.73 Å². The molecule has 16 heavy (non-hydrogen) atoms. The molecular formula is C13H24N2O. The molecule has 0 aromatic rings. The second kappa shape index (κ2) is 5.17. The van der Waals surface area contributed by atoms with Crippen LogP contribution in [0.1, 0.15) is 44.9 Å². The molecule has 0 saturated heterocycles. The molecule has 2 aliphatic rings. The summed E-state index contributed by atoms with van der Waals surface area (Å²) < 4.78 is 0. The van der Waals surface area contributed by atoms with Gasteiger partial charge in [-0.05, 0) is 37.5 Å². The minimum atomic E-state index is 0.300. The van der Waals surface area contributed by atoms with Crippen LogP contribution in [0, 0.1) is 11.8 Å². The predicted octanol–water partition coefficient (Wildman–Crippen LogP) is 1.76. The average Bonchev–Trinajstić information content (AvgIpc) is 2.97. The Labute approximate surface area is 98.4 Å². The second-order valence-electron chi connectivity index (χ2n) is 5.50. The molecule has 2 N–H and O–H groups in total. The summed E-state index contributed by atoms with van der Waals surface area (Å²) in [7, 11) is 1.94. The molecule has 1 atom stereocenters. The fraction of sp³-hybridized carbons (Fsp3) is 0.923. The summed E-state index contributed by atoms with van der Waals surface area (Å²) in [4.78, 5) is 14.0. The minimum Gasteiger partial charge on any atom is -0.341 e. The minimum absolute atomic E-state index is 0.300. The van der Waals surface area contributed by atoms with E-state index in [0.29, 0.717) is 30.3 Å². The van der Waals surface area contributed by atoms with Crippen molar-refractivity contribution in [1.82, 2.24) is 4.90 Å². The van der Waals surface area contributed by atoms with Crippen molar-refractivity contribution in [3.63, 3.8) is 0 Å². The van der Waals surface area contributed by atoms with E-state index in [-0.39, 0.29) is 0 Å². The number of hydrogen-bond donors (Lipinski definition) is 1. The largest absolute Gasteiger partial charge is 0.341 e. The van der Waals surface area contributed by atoms with Gasteiger partial charge < -0.3 is 10.6 Å². The molecule has 0 aromatic carbocycles. The molecule has 1 unspecified atom stereocenters. The highest BCUT2D eigenvalue weighted by Crippen LogP contribution is 2.35. The van der Waals surface area contributed by atoms with E-state index >= 15 is 0 Å². The van der Waals surface area contributed by atoms with Crippen LogP contribution in [0.3, 0.4) is 0 Å². The maximum absolute atomic E-state index is 12.1. The molecule has 92 valence electrons. The Morgan fingerprint density at radius 3 is 2.44 bits per heavy atom. The summed E-state index contributed by atoms with van der Waals surface area (Å²) in [6.07, 6.45) is 8.37. The highest BCUT2D eigenvalue weighted by atomic mass is 16.2. The van der Waals surface area contributed by atoms with Crippen molar-refractivity contribution in [1.29, 1.82) is 0 Å². The molecule has 3 nitrogen and oxygen atoms in total. The third-order valence-electron chi connectivity index (χ3n) is 4.24. The van der Waals surface area contributed by atoms with Crippen molar-refractivity contribution in [2.75, 3.05) is 13.6 Å². The van der Waals surface area contributed by atoms with Crippen LogP contribution in [-0.2, 0) is 4.79 Å². The van der Waals surface area contributed by atoms with Crippen molar-refractivity contribution in [3.8, 4) is 0 Å². The Balaban J connectivity index is 1.82. The van der Waals surface area contributed by atoms with E-state index in [9.17, 15) is 4.79 Å². The molecule has 2 fully saturated rings. The Morgan fingerprint density at radius 2 is 1.94 bits per heavy atom. The van der Waals surface area contributed by atoms with Crippen molar-refractivity contribution in [2.45, 2.75) is 51.0 Å². The monoisotopic (exact) mass is 224 g/mol. The molecule has 0 spiro atoms. The van der Waals surface area contributed by atoms with Gasteiger partial charge in [-0.15, -0.1) is 0 Å². The quantitative estimate of drug-likeness (QED) is 0.773. The van der Waals surface area contributed by atoms with Gasteiger partial charge in [-0.1, -0.05) is 12.8 Å². The van der Waals surface area contributed by atoms with Gasteiger partial charge in [0, 0.05) is 26.1 Å². The highest BCUT2D eigenvalue weighted by molar-refractivity contribution is 5.76. The number of likely N-dealkylation sites (N-methyl/N-ethyl adjacent to an activating group) is 1. The van der Waals surface area contributed by atoms with E-state index in [1.165, 1.54) is 38.5 Å². The lowest BCUT2D eigenvalue weighted by molar-refractivity contribution is -0.133. The number of rotatable bonds is 5. The first-order valence-corrected chi connectivity index (χ1v) is 6.68. The molecule has 0 aliphatic heterocycles. The first-order valence-electron chi connectivity index (χ1n) is 6.68. The van der Waals surface area contributed by atoms with Crippen LogP contribution >= 0.6 is 0 Å². The first-order chi connectivity index (χ1) is 7.72. The van der Waals surface area contributed by atoms with Gasteiger partial charge in [0.05, 0.1) is 0 Å². The number of amides is 1. The summed E-state index contributed by atoms with van der Waals surface area (Å²) >= 11 is 0. The third-order valence-corrected chi connectivity index (χ3v) is 4.24. The van der Waals surface area contributed by atoms with Crippen LogP contribution in [0.5, 0.6) is 0 Å². The van der Waals surface area contributed by atoms with E-state index < -0.39 is 0 Å². The summed E-state index contributed by atoms with van der Waals surface area (Å²) in [6, 6.07) is 0.300. The third kappa shape index (κ3) is 2.76. The van der Waals surface area contributed by atoms with E-state index in [1.54, 1.807) is 0 Å². The molecule has 2 saturated carbocycles. The Bertz CT molecular complexity index is 244. The predicted molar refractivity (Wildman–Crippen MR) is 64.9 cm³/mol. The topological polar surface area (TPSA) is 46.3 Å². The molecular weight excluding hydrogens is 200 g/mol.